The van der Waals surface area contributed by atoms with Crippen LogP contribution in [0.5, 0.6) is 0 Å². The topological polar surface area (TPSA) is 3.24 Å². The predicted molar refractivity (Wildman–Crippen MR) is 161 cm³/mol. The molecular formula is C37H39N. The maximum absolute atomic E-state index is 2.69. The van der Waals surface area contributed by atoms with Gasteiger partial charge in [0.2, 0.25) is 0 Å². The Kier molecular flexibility index (Phi) is 5.22. The first-order chi connectivity index (χ1) is 18.3. The van der Waals surface area contributed by atoms with E-state index in [-0.39, 0.29) is 16.4 Å². The van der Waals surface area contributed by atoms with Gasteiger partial charge in [-0.3, -0.25) is 0 Å². The lowest BCUT2D eigenvalue weighted by atomic mass is 9.63. The first kappa shape index (κ1) is 23.8. The van der Waals surface area contributed by atoms with Crippen molar-refractivity contribution in [3.05, 3.63) is 108 Å². The molecule has 0 spiro atoms. The minimum atomic E-state index is 0.0207. The molecule has 2 atom stereocenters. The SMILES string of the molecule is CC1(C)c2ccccc2-c2ccc(-c3ccc4c(c3)C3(C)CCCCCCC3(C)N4c3ccccc3)cc21. The van der Waals surface area contributed by atoms with Crippen LogP contribution in [0.15, 0.2) is 91.0 Å². The molecule has 1 fully saturated rings. The molecule has 4 aromatic carbocycles. The average molecular weight is 498 g/mol. The molecular weight excluding hydrogens is 458 g/mol. The lowest BCUT2D eigenvalue weighted by molar-refractivity contribution is 0.218. The monoisotopic (exact) mass is 497 g/mol. The molecule has 38 heavy (non-hydrogen) atoms. The van der Waals surface area contributed by atoms with Gasteiger partial charge in [-0.15, -0.1) is 0 Å². The third kappa shape index (κ3) is 3.17. The molecule has 0 radical (unpaired) electrons. The Hall–Kier alpha value is -3.32. The third-order valence-corrected chi connectivity index (χ3v) is 10.5. The number of anilines is 2. The Balaban J connectivity index is 1.38. The highest BCUT2D eigenvalue weighted by Gasteiger charge is 2.56. The lowest BCUT2D eigenvalue weighted by Gasteiger charge is -2.48. The highest BCUT2D eigenvalue weighted by molar-refractivity contribution is 5.85. The summed E-state index contributed by atoms with van der Waals surface area (Å²) in [5.74, 6) is 0. The summed E-state index contributed by atoms with van der Waals surface area (Å²) in [5, 5.41) is 0. The Bertz CT molecular complexity index is 1530. The van der Waals surface area contributed by atoms with Crippen molar-refractivity contribution >= 4 is 11.4 Å². The van der Waals surface area contributed by atoms with Crippen LogP contribution in [0, 0.1) is 0 Å². The number of rotatable bonds is 2. The van der Waals surface area contributed by atoms with Crippen LogP contribution in [0.4, 0.5) is 11.4 Å². The van der Waals surface area contributed by atoms with Gasteiger partial charge in [0.1, 0.15) is 0 Å². The number of hydrogen-bond donors (Lipinski definition) is 0. The van der Waals surface area contributed by atoms with Crippen LogP contribution in [0.25, 0.3) is 22.3 Å². The first-order valence-corrected chi connectivity index (χ1v) is 14.6. The molecule has 1 nitrogen and oxygen atoms in total. The summed E-state index contributed by atoms with van der Waals surface area (Å²) in [6.45, 7) is 9.86. The van der Waals surface area contributed by atoms with Gasteiger partial charge in [-0.25, -0.2) is 0 Å². The summed E-state index contributed by atoms with van der Waals surface area (Å²) in [7, 11) is 0. The Labute approximate surface area is 228 Å². The second-order valence-corrected chi connectivity index (χ2v) is 12.9. The second kappa shape index (κ2) is 8.34. The van der Waals surface area contributed by atoms with E-state index in [1.807, 2.05) is 0 Å². The van der Waals surface area contributed by atoms with Crippen molar-refractivity contribution in [2.24, 2.45) is 0 Å². The predicted octanol–water partition coefficient (Wildman–Crippen LogP) is 10.2. The fourth-order valence-corrected chi connectivity index (χ4v) is 8.13. The van der Waals surface area contributed by atoms with Crippen molar-refractivity contribution in [1.29, 1.82) is 0 Å². The minimum Gasteiger partial charge on any atom is -0.334 e. The molecule has 3 aliphatic rings. The molecule has 7 rings (SSSR count). The average Bonchev–Trinajstić information content (AvgIpc) is 3.27. The van der Waals surface area contributed by atoms with Gasteiger partial charge >= 0.3 is 0 Å². The molecule has 0 amide bonds. The summed E-state index contributed by atoms with van der Waals surface area (Å²) in [6, 6.07) is 34.6. The molecule has 0 saturated heterocycles. The van der Waals surface area contributed by atoms with E-state index in [1.54, 1.807) is 0 Å². The van der Waals surface area contributed by atoms with Gasteiger partial charge in [0.05, 0.1) is 5.54 Å². The van der Waals surface area contributed by atoms with E-state index in [4.69, 9.17) is 0 Å². The molecule has 2 aliphatic carbocycles. The van der Waals surface area contributed by atoms with Gasteiger partial charge in [0.25, 0.3) is 0 Å². The Morgan fingerprint density at radius 2 is 1.18 bits per heavy atom. The first-order valence-electron chi connectivity index (χ1n) is 14.6. The summed E-state index contributed by atoms with van der Waals surface area (Å²) < 4.78 is 0. The molecule has 0 bridgehead atoms. The highest BCUT2D eigenvalue weighted by Crippen LogP contribution is 2.60. The van der Waals surface area contributed by atoms with Crippen LogP contribution in [-0.2, 0) is 10.8 Å². The molecule has 4 aromatic rings. The van der Waals surface area contributed by atoms with Gasteiger partial charge in [0, 0.05) is 22.2 Å². The van der Waals surface area contributed by atoms with Gasteiger partial charge in [-0.1, -0.05) is 107 Å². The van der Waals surface area contributed by atoms with Crippen molar-refractivity contribution < 1.29 is 0 Å². The molecule has 1 saturated carbocycles. The van der Waals surface area contributed by atoms with Crippen molar-refractivity contribution in [2.75, 3.05) is 4.90 Å². The number of nitrogens with zero attached hydrogens (tertiary/aromatic N) is 1. The smallest absolute Gasteiger partial charge is 0.0517 e. The van der Waals surface area contributed by atoms with Crippen molar-refractivity contribution in [3.8, 4) is 22.3 Å². The number of hydrogen-bond acceptors (Lipinski definition) is 1. The summed E-state index contributed by atoms with van der Waals surface area (Å²) in [5.41, 5.74) is 12.8. The fourth-order valence-electron chi connectivity index (χ4n) is 8.13. The van der Waals surface area contributed by atoms with E-state index in [1.165, 1.54) is 88.8 Å². The minimum absolute atomic E-state index is 0.0207. The van der Waals surface area contributed by atoms with Crippen LogP contribution in [0.1, 0.15) is 82.9 Å². The van der Waals surface area contributed by atoms with E-state index in [2.05, 4.69) is 124 Å². The van der Waals surface area contributed by atoms with E-state index < -0.39 is 0 Å². The molecule has 192 valence electrons. The van der Waals surface area contributed by atoms with Crippen molar-refractivity contribution in [1.82, 2.24) is 0 Å². The molecule has 1 heterocycles. The normalized spacial score (nSPS) is 25.1. The van der Waals surface area contributed by atoms with Gasteiger partial charge in [0.15, 0.2) is 0 Å². The van der Waals surface area contributed by atoms with Crippen molar-refractivity contribution in [3.63, 3.8) is 0 Å². The van der Waals surface area contributed by atoms with Gasteiger partial charge in [-0.05, 0) is 89.0 Å². The van der Waals surface area contributed by atoms with E-state index in [0.29, 0.717) is 0 Å². The van der Waals surface area contributed by atoms with Crippen LogP contribution in [0.3, 0.4) is 0 Å². The quantitative estimate of drug-likeness (QED) is 0.266. The Morgan fingerprint density at radius 3 is 1.97 bits per heavy atom. The lowest BCUT2D eigenvalue weighted by Crippen LogP contribution is -2.53. The van der Waals surface area contributed by atoms with Crippen molar-refractivity contribution in [2.45, 2.75) is 82.6 Å². The maximum Gasteiger partial charge on any atom is 0.0517 e. The van der Waals surface area contributed by atoms with Gasteiger partial charge in [-0.2, -0.15) is 0 Å². The van der Waals surface area contributed by atoms with Gasteiger partial charge < -0.3 is 4.90 Å². The second-order valence-electron chi connectivity index (χ2n) is 12.9. The van der Waals surface area contributed by atoms with Crippen LogP contribution < -0.4 is 4.90 Å². The van der Waals surface area contributed by atoms with E-state index in [0.717, 1.165) is 0 Å². The number of benzene rings is 4. The number of fused-ring (bicyclic) bond motifs is 6. The molecule has 2 unspecified atom stereocenters. The zero-order valence-corrected chi connectivity index (χ0v) is 23.4. The third-order valence-electron chi connectivity index (χ3n) is 10.5. The standard InChI is InChI=1S/C37H39N/c1-35(2)31-17-11-10-16-29(31)30-20-18-26(24-32(30)35)27-19-21-34-33(25-27)36(3)22-12-5-6-13-23-37(36,4)38(34)28-14-8-7-9-15-28/h7-11,14-21,24-25H,5-6,12-13,22-23H2,1-4H3. The largest absolute Gasteiger partial charge is 0.334 e. The van der Waals surface area contributed by atoms with Crippen LogP contribution >= 0.6 is 0 Å². The summed E-state index contributed by atoms with van der Waals surface area (Å²) in [4.78, 5) is 2.69. The molecule has 1 heteroatoms. The highest BCUT2D eigenvalue weighted by atomic mass is 15.2. The molecule has 1 aliphatic heterocycles. The van der Waals surface area contributed by atoms with E-state index >= 15 is 0 Å². The number of para-hydroxylation sites is 1. The summed E-state index contributed by atoms with van der Waals surface area (Å²) in [6.07, 6.45) is 7.79. The summed E-state index contributed by atoms with van der Waals surface area (Å²) >= 11 is 0. The fraction of sp³-hybridized carbons (Fsp3) is 0.351. The molecule has 0 N–H and O–H groups in total. The molecule has 0 aromatic heterocycles. The van der Waals surface area contributed by atoms with Crippen LogP contribution in [0.2, 0.25) is 0 Å². The van der Waals surface area contributed by atoms with Crippen LogP contribution in [-0.4, -0.2) is 5.54 Å². The zero-order chi connectivity index (χ0) is 26.1. The Morgan fingerprint density at radius 1 is 0.553 bits per heavy atom. The maximum atomic E-state index is 2.69. The van der Waals surface area contributed by atoms with E-state index in [9.17, 15) is 0 Å². The zero-order valence-electron chi connectivity index (χ0n) is 23.4.